The third-order valence-electron chi connectivity index (χ3n) is 3.48. The average Bonchev–Trinajstić information content (AvgIpc) is 3.03. The Balaban J connectivity index is 2.08. The van der Waals surface area contributed by atoms with Gasteiger partial charge in [0.25, 0.3) is 5.91 Å². The highest BCUT2D eigenvalue weighted by molar-refractivity contribution is 5.95. The van der Waals surface area contributed by atoms with Crippen molar-refractivity contribution in [3.63, 3.8) is 0 Å². The normalized spacial score (nSPS) is 11.8. The summed E-state index contributed by atoms with van der Waals surface area (Å²) in [6.45, 7) is 3.75. The minimum absolute atomic E-state index is 0.156. The molecule has 0 aliphatic heterocycles. The van der Waals surface area contributed by atoms with Crippen molar-refractivity contribution in [3.05, 3.63) is 53.5 Å². The molecule has 0 radical (unpaired) electrons. The van der Waals surface area contributed by atoms with Gasteiger partial charge in [0, 0.05) is 31.7 Å². The zero-order chi connectivity index (χ0) is 17.5. The van der Waals surface area contributed by atoms with E-state index in [0.717, 1.165) is 12.2 Å². The molecule has 0 spiro atoms. The van der Waals surface area contributed by atoms with Gasteiger partial charge in [-0.2, -0.15) is 0 Å². The fourth-order valence-electron chi connectivity index (χ4n) is 2.28. The summed E-state index contributed by atoms with van der Waals surface area (Å²) in [6.07, 6.45) is 0.790. The van der Waals surface area contributed by atoms with E-state index in [1.54, 1.807) is 31.4 Å². The minimum Gasteiger partial charge on any atom is -0.464 e. The van der Waals surface area contributed by atoms with Crippen molar-refractivity contribution in [2.24, 2.45) is 0 Å². The number of rotatable bonds is 7. The Kier molecular flexibility index (Phi) is 6.14. The number of benzene rings is 1. The van der Waals surface area contributed by atoms with Crippen LogP contribution in [0, 0.1) is 0 Å². The molecule has 0 saturated heterocycles. The first-order valence-electron chi connectivity index (χ1n) is 7.79. The highest BCUT2D eigenvalue weighted by Gasteiger charge is 2.19. The second-order valence-electron chi connectivity index (χ2n) is 5.40. The van der Waals surface area contributed by atoms with E-state index in [1.165, 1.54) is 6.92 Å². The van der Waals surface area contributed by atoms with E-state index in [0.29, 0.717) is 23.6 Å². The molecule has 6 heteroatoms. The number of nitrogens with one attached hydrogen (secondary N) is 2. The third kappa shape index (κ3) is 4.70. The summed E-state index contributed by atoms with van der Waals surface area (Å²) in [7, 11) is 1.57. The van der Waals surface area contributed by atoms with E-state index in [9.17, 15) is 9.59 Å². The van der Waals surface area contributed by atoms with Crippen LogP contribution in [0.2, 0.25) is 0 Å². The highest BCUT2D eigenvalue weighted by Crippen LogP contribution is 2.19. The van der Waals surface area contributed by atoms with Gasteiger partial charge in [-0.25, -0.2) is 0 Å². The molecule has 1 heterocycles. The zero-order valence-corrected chi connectivity index (χ0v) is 14.1. The highest BCUT2D eigenvalue weighted by atomic mass is 16.5. The Hall–Kier alpha value is -2.60. The topological polar surface area (TPSA) is 80.6 Å². The van der Waals surface area contributed by atoms with Crippen LogP contribution >= 0.6 is 0 Å². The smallest absolute Gasteiger partial charge is 0.251 e. The number of carbonyl (C=O) groups excluding carboxylic acids is 2. The molecule has 0 aliphatic rings. The summed E-state index contributed by atoms with van der Waals surface area (Å²) < 4.78 is 10.9. The maximum absolute atomic E-state index is 12.4. The van der Waals surface area contributed by atoms with E-state index in [4.69, 9.17) is 9.15 Å². The predicted octanol–water partition coefficient (Wildman–Crippen LogP) is 2.92. The largest absolute Gasteiger partial charge is 0.464 e. The number of hydrogen-bond acceptors (Lipinski definition) is 4. The van der Waals surface area contributed by atoms with Crippen molar-refractivity contribution < 1.29 is 18.7 Å². The molecule has 0 bridgehead atoms. The van der Waals surface area contributed by atoms with Crippen LogP contribution in [0.25, 0.3) is 0 Å². The summed E-state index contributed by atoms with van der Waals surface area (Å²) in [5.41, 5.74) is 1.14. The number of methoxy groups -OCH3 is 1. The van der Waals surface area contributed by atoms with E-state index in [-0.39, 0.29) is 17.9 Å². The van der Waals surface area contributed by atoms with Crippen molar-refractivity contribution in [1.29, 1.82) is 0 Å². The molecule has 1 aromatic heterocycles. The van der Waals surface area contributed by atoms with Crippen molar-refractivity contribution in [2.75, 3.05) is 19.0 Å². The van der Waals surface area contributed by atoms with Gasteiger partial charge < -0.3 is 19.8 Å². The number of furan rings is 1. The quantitative estimate of drug-likeness (QED) is 0.818. The SMILES string of the molecule is CCc1ccc([C@H](COC)NC(=O)c2ccc(NC(C)=O)cc2)o1. The van der Waals surface area contributed by atoms with Crippen LogP contribution in [0.15, 0.2) is 40.8 Å². The lowest BCUT2D eigenvalue weighted by Gasteiger charge is -2.16. The number of amides is 2. The van der Waals surface area contributed by atoms with Crippen LogP contribution in [0.5, 0.6) is 0 Å². The molecule has 2 aromatic rings. The van der Waals surface area contributed by atoms with Crippen LogP contribution in [-0.4, -0.2) is 25.5 Å². The number of anilines is 1. The Bertz CT molecular complexity index is 691. The summed E-state index contributed by atoms with van der Waals surface area (Å²) >= 11 is 0. The first-order chi connectivity index (χ1) is 11.5. The van der Waals surface area contributed by atoms with Crippen LogP contribution in [-0.2, 0) is 16.0 Å². The minimum atomic E-state index is -0.363. The number of aryl methyl sites for hydroxylation is 1. The van der Waals surface area contributed by atoms with Gasteiger partial charge >= 0.3 is 0 Å². The van der Waals surface area contributed by atoms with Gasteiger partial charge in [-0.05, 0) is 36.4 Å². The van der Waals surface area contributed by atoms with E-state index >= 15 is 0 Å². The Labute approximate surface area is 141 Å². The van der Waals surface area contributed by atoms with Gasteiger partial charge in [0.1, 0.15) is 17.6 Å². The Morgan fingerprint density at radius 3 is 2.42 bits per heavy atom. The van der Waals surface area contributed by atoms with Gasteiger partial charge in [-0.1, -0.05) is 6.92 Å². The van der Waals surface area contributed by atoms with Gasteiger partial charge in [-0.3, -0.25) is 9.59 Å². The van der Waals surface area contributed by atoms with Crippen molar-refractivity contribution in [1.82, 2.24) is 5.32 Å². The monoisotopic (exact) mass is 330 g/mol. The summed E-state index contributed by atoms with van der Waals surface area (Å²) in [6, 6.07) is 10.1. The van der Waals surface area contributed by atoms with Gasteiger partial charge in [0.2, 0.25) is 5.91 Å². The lowest BCUT2D eigenvalue weighted by molar-refractivity contribution is -0.114. The Morgan fingerprint density at radius 2 is 1.88 bits per heavy atom. The molecule has 0 aliphatic carbocycles. The lowest BCUT2D eigenvalue weighted by atomic mass is 10.1. The molecule has 2 N–H and O–H groups in total. The van der Waals surface area contributed by atoms with Crippen LogP contribution in [0.3, 0.4) is 0 Å². The molecular weight excluding hydrogens is 308 g/mol. The number of hydrogen-bond donors (Lipinski definition) is 2. The van der Waals surface area contributed by atoms with Crippen molar-refractivity contribution in [3.8, 4) is 0 Å². The van der Waals surface area contributed by atoms with Crippen molar-refractivity contribution >= 4 is 17.5 Å². The summed E-state index contributed by atoms with van der Waals surface area (Å²) in [5.74, 6) is 1.13. The molecular formula is C18H22N2O4. The summed E-state index contributed by atoms with van der Waals surface area (Å²) in [4.78, 5) is 23.4. The van der Waals surface area contributed by atoms with E-state index in [2.05, 4.69) is 10.6 Å². The molecule has 6 nitrogen and oxygen atoms in total. The molecule has 1 aromatic carbocycles. The Morgan fingerprint density at radius 1 is 1.17 bits per heavy atom. The van der Waals surface area contributed by atoms with E-state index in [1.807, 2.05) is 19.1 Å². The molecule has 128 valence electrons. The maximum atomic E-state index is 12.4. The zero-order valence-electron chi connectivity index (χ0n) is 14.1. The molecule has 2 rings (SSSR count). The molecule has 2 amide bonds. The van der Waals surface area contributed by atoms with Gasteiger partial charge in [0.15, 0.2) is 0 Å². The molecule has 1 atom stereocenters. The fourth-order valence-corrected chi connectivity index (χ4v) is 2.28. The van der Waals surface area contributed by atoms with Crippen LogP contribution in [0.4, 0.5) is 5.69 Å². The molecule has 24 heavy (non-hydrogen) atoms. The van der Waals surface area contributed by atoms with Gasteiger partial charge in [-0.15, -0.1) is 0 Å². The standard InChI is InChI=1S/C18H22N2O4/c1-4-15-9-10-17(24-15)16(11-23-3)20-18(22)13-5-7-14(8-6-13)19-12(2)21/h5-10,16H,4,11H2,1-3H3,(H,19,21)(H,20,22)/t16-/m0/s1. The van der Waals surface area contributed by atoms with Crippen LogP contribution < -0.4 is 10.6 Å². The van der Waals surface area contributed by atoms with Gasteiger partial charge in [0.05, 0.1) is 6.61 Å². The third-order valence-corrected chi connectivity index (χ3v) is 3.48. The fraction of sp³-hybridized carbons (Fsp3) is 0.333. The number of ether oxygens (including phenoxy) is 1. The maximum Gasteiger partial charge on any atom is 0.251 e. The van der Waals surface area contributed by atoms with Crippen LogP contribution in [0.1, 0.15) is 41.8 Å². The number of carbonyl (C=O) groups is 2. The predicted molar refractivity (Wildman–Crippen MR) is 90.9 cm³/mol. The van der Waals surface area contributed by atoms with E-state index < -0.39 is 0 Å². The molecule has 0 fully saturated rings. The average molecular weight is 330 g/mol. The van der Waals surface area contributed by atoms with Crippen molar-refractivity contribution in [2.45, 2.75) is 26.3 Å². The first-order valence-corrected chi connectivity index (χ1v) is 7.79. The second kappa shape index (κ2) is 8.31. The first kappa shape index (κ1) is 17.7. The summed E-state index contributed by atoms with van der Waals surface area (Å²) in [5, 5.41) is 5.56. The molecule has 0 unspecified atom stereocenters. The lowest BCUT2D eigenvalue weighted by Crippen LogP contribution is -2.31. The molecule has 0 saturated carbocycles. The second-order valence-corrected chi connectivity index (χ2v) is 5.40.